The molecule has 0 aromatic carbocycles. The second-order valence-corrected chi connectivity index (χ2v) is 3.39. The zero-order chi connectivity index (χ0) is 9.26. The van der Waals surface area contributed by atoms with Gasteiger partial charge in [-0.3, -0.25) is 5.10 Å². The van der Waals surface area contributed by atoms with Crippen molar-refractivity contribution < 1.29 is 0 Å². The number of aromatic nitrogens is 3. The van der Waals surface area contributed by atoms with Gasteiger partial charge in [0, 0.05) is 13.1 Å². The minimum atomic E-state index is 0.736. The standard InChI is InChI=1S/C9H14N4/c1-7(13-5-3-4-6-13)9-10-8(2)11-12-9/h1,3-6H2,2H3,(H,10,11,12). The Morgan fingerprint density at radius 1 is 1.46 bits per heavy atom. The maximum atomic E-state index is 4.25. The molecule has 1 aliphatic rings. The molecule has 0 unspecified atom stereocenters. The molecule has 2 heterocycles. The summed E-state index contributed by atoms with van der Waals surface area (Å²) in [7, 11) is 0. The van der Waals surface area contributed by atoms with Crippen LogP contribution in [0.3, 0.4) is 0 Å². The van der Waals surface area contributed by atoms with Crippen molar-refractivity contribution in [3.8, 4) is 0 Å². The molecular weight excluding hydrogens is 164 g/mol. The average molecular weight is 178 g/mol. The minimum Gasteiger partial charge on any atom is -0.369 e. The van der Waals surface area contributed by atoms with Gasteiger partial charge in [0.2, 0.25) is 0 Å². The number of likely N-dealkylation sites (tertiary alicyclic amines) is 1. The van der Waals surface area contributed by atoms with Gasteiger partial charge in [-0.1, -0.05) is 6.58 Å². The van der Waals surface area contributed by atoms with Crippen LogP contribution in [0.2, 0.25) is 0 Å². The van der Waals surface area contributed by atoms with Crippen molar-refractivity contribution in [2.45, 2.75) is 19.8 Å². The summed E-state index contributed by atoms with van der Waals surface area (Å²) in [6, 6.07) is 0. The highest BCUT2D eigenvalue weighted by molar-refractivity contribution is 5.54. The van der Waals surface area contributed by atoms with Gasteiger partial charge < -0.3 is 4.90 Å². The number of hydrogen-bond acceptors (Lipinski definition) is 3. The first kappa shape index (κ1) is 8.29. The van der Waals surface area contributed by atoms with Crippen molar-refractivity contribution in [3.63, 3.8) is 0 Å². The Morgan fingerprint density at radius 3 is 2.69 bits per heavy atom. The Balaban J connectivity index is 2.12. The molecule has 0 atom stereocenters. The molecule has 4 nitrogen and oxygen atoms in total. The second kappa shape index (κ2) is 3.20. The van der Waals surface area contributed by atoms with Crippen molar-refractivity contribution in [2.75, 3.05) is 13.1 Å². The highest BCUT2D eigenvalue weighted by Crippen LogP contribution is 2.19. The van der Waals surface area contributed by atoms with E-state index in [2.05, 4.69) is 26.7 Å². The molecule has 0 amide bonds. The lowest BCUT2D eigenvalue weighted by Crippen LogP contribution is -2.17. The molecule has 1 fully saturated rings. The average Bonchev–Trinajstić information content (AvgIpc) is 2.72. The van der Waals surface area contributed by atoms with E-state index in [4.69, 9.17) is 0 Å². The zero-order valence-electron chi connectivity index (χ0n) is 7.88. The molecule has 1 saturated heterocycles. The normalized spacial score (nSPS) is 16.5. The van der Waals surface area contributed by atoms with Gasteiger partial charge >= 0.3 is 0 Å². The number of nitrogens with zero attached hydrogens (tertiary/aromatic N) is 3. The van der Waals surface area contributed by atoms with E-state index in [-0.39, 0.29) is 0 Å². The van der Waals surface area contributed by atoms with Gasteiger partial charge in [-0.05, 0) is 19.8 Å². The number of nitrogens with one attached hydrogen (secondary N) is 1. The number of rotatable bonds is 2. The minimum absolute atomic E-state index is 0.736. The van der Waals surface area contributed by atoms with Gasteiger partial charge in [-0.2, -0.15) is 5.10 Å². The Labute approximate surface area is 77.7 Å². The maximum absolute atomic E-state index is 4.25. The van der Waals surface area contributed by atoms with Crippen molar-refractivity contribution in [2.24, 2.45) is 0 Å². The summed E-state index contributed by atoms with van der Waals surface area (Å²) in [5, 5.41) is 6.91. The number of aryl methyl sites for hydroxylation is 1. The van der Waals surface area contributed by atoms with E-state index >= 15 is 0 Å². The third-order valence-corrected chi connectivity index (χ3v) is 2.34. The van der Waals surface area contributed by atoms with Crippen molar-refractivity contribution in [3.05, 3.63) is 18.2 Å². The predicted molar refractivity (Wildman–Crippen MR) is 51.0 cm³/mol. The number of aromatic amines is 1. The predicted octanol–water partition coefficient (Wildman–Crippen LogP) is 1.18. The topological polar surface area (TPSA) is 44.8 Å². The van der Waals surface area contributed by atoms with E-state index in [0.29, 0.717) is 0 Å². The molecule has 2 rings (SSSR count). The fourth-order valence-corrected chi connectivity index (χ4v) is 1.60. The van der Waals surface area contributed by atoms with Gasteiger partial charge in [0.05, 0.1) is 5.70 Å². The molecule has 1 aromatic rings. The quantitative estimate of drug-likeness (QED) is 0.739. The molecule has 1 N–H and O–H groups in total. The van der Waals surface area contributed by atoms with Crippen LogP contribution < -0.4 is 0 Å². The Bertz CT molecular complexity index is 309. The monoisotopic (exact) mass is 178 g/mol. The summed E-state index contributed by atoms with van der Waals surface area (Å²) in [5.41, 5.74) is 0.946. The summed E-state index contributed by atoms with van der Waals surface area (Å²) < 4.78 is 0. The van der Waals surface area contributed by atoms with Gasteiger partial charge in [0.15, 0.2) is 5.82 Å². The van der Waals surface area contributed by atoms with Crippen LogP contribution in [0.15, 0.2) is 6.58 Å². The molecule has 0 aliphatic carbocycles. The first-order valence-electron chi connectivity index (χ1n) is 4.60. The van der Waals surface area contributed by atoms with E-state index in [1.165, 1.54) is 12.8 Å². The lowest BCUT2D eigenvalue weighted by Gasteiger charge is -2.17. The summed E-state index contributed by atoms with van der Waals surface area (Å²) in [4.78, 5) is 6.49. The van der Waals surface area contributed by atoms with Crippen molar-refractivity contribution in [1.82, 2.24) is 20.1 Å². The van der Waals surface area contributed by atoms with Crippen LogP contribution in [0, 0.1) is 6.92 Å². The molecule has 0 radical (unpaired) electrons. The van der Waals surface area contributed by atoms with Crippen LogP contribution in [-0.4, -0.2) is 33.2 Å². The number of H-pyrrole nitrogens is 1. The molecule has 0 spiro atoms. The Morgan fingerprint density at radius 2 is 2.15 bits per heavy atom. The fourth-order valence-electron chi connectivity index (χ4n) is 1.60. The second-order valence-electron chi connectivity index (χ2n) is 3.39. The van der Waals surface area contributed by atoms with Gasteiger partial charge in [-0.15, -0.1) is 0 Å². The molecule has 1 aliphatic heterocycles. The Kier molecular flexibility index (Phi) is 2.04. The first-order valence-corrected chi connectivity index (χ1v) is 4.60. The molecular formula is C9H14N4. The van der Waals surface area contributed by atoms with Crippen LogP contribution in [0.4, 0.5) is 0 Å². The van der Waals surface area contributed by atoms with E-state index in [1.807, 2.05) is 6.92 Å². The summed E-state index contributed by atoms with van der Waals surface area (Å²) in [6.07, 6.45) is 2.50. The largest absolute Gasteiger partial charge is 0.369 e. The van der Waals surface area contributed by atoms with Crippen molar-refractivity contribution >= 4 is 5.70 Å². The van der Waals surface area contributed by atoms with E-state index in [0.717, 1.165) is 30.4 Å². The highest BCUT2D eigenvalue weighted by Gasteiger charge is 2.16. The summed E-state index contributed by atoms with van der Waals surface area (Å²) in [6.45, 7) is 8.08. The van der Waals surface area contributed by atoms with Crippen LogP contribution in [0.25, 0.3) is 5.70 Å². The molecule has 70 valence electrons. The SMILES string of the molecule is C=C(c1n[nH]c(C)n1)N1CCCC1. The summed E-state index contributed by atoms with van der Waals surface area (Å²) >= 11 is 0. The highest BCUT2D eigenvalue weighted by atomic mass is 15.3. The maximum Gasteiger partial charge on any atom is 0.196 e. The van der Waals surface area contributed by atoms with E-state index in [1.54, 1.807) is 0 Å². The number of hydrogen-bond donors (Lipinski definition) is 1. The van der Waals surface area contributed by atoms with Gasteiger partial charge in [0.1, 0.15) is 5.82 Å². The van der Waals surface area contributed by atoms with E-state index in [9.17, 15) is 0 Å². The van der Waals surface area contributed by atoms with Crippen molar-refractivity contribution in [1.29, 1.82) is 0 Å². The fraction of sp³-hybridized carbons (Fsp3) is 0.556. The van der Waals surface area contributed by atoms with E-state index < -0.39 is 0 Å². The third kappa shape index (κ3) is 1.56. The zero-order valence-corrected chi connectivity index (χ0v) is 7.88. The van der Waals surface area contributed by atoms with Crippen LogP contribution in [0.1, 0.15) is 24.5 Å². The molecule has 13 heavy (non-hydrogen) atoms. The molecule has 0 saturated carbocycles. The Hall–Kier alpha value is -1.32. The summed E-state index contributed by atoms with van der Waals surface area (Å²) in [5.74, 6) is 1.58. The van der Waals surface area contributed by atoms with Gasteiger partial charge in [0.25, 0.3) is 0 Å². The molecule has 4 heteroatoms. The smallest absolute Gasteiger partial charge is 0.196 e. The first-order chi connectivity index (χ1) is 6.27. The van der Waals surface area contributed by atoms with Crippen LogP contribution >= 0.6 is 0 Å². The molecule has 0 bridgehead atoms. The van der Waals surface area contributed by atoms with Crippen LogP contribution in [0.5, 0.6) is 0 Å². The molecule has 1 aromatic heterocycles. The lowest BCUT2D eigenvalue weighted by molar-refractivity contribution is 0.490. The third-order valence-electron chi connectivity index (χ3n) is 2.34. The lowest BCUT2D eigenvalue weighted by atomic mass is 10.4. The van der Waals surface area contributed by atoms with Gasteiger partial charge in [-0.25, -0.2) is 4.98 Å². The van der Waals surface area contributed by atoms with Crippen LogP contribution in [-0.2, 0) is 0 Å².